The number of imide groups is 1. The third-order valence-electron chi connectivity index (χ3n) is 4.55. The summed E-state index contributed by atoms with van der Waals surface area (Å²) in [5.41, 5.74) is 1.35. The molecule has 0 saturated carbocycles. The van der Waals surface area contributed by atoms with E-state index in [2.05, 4.69) is 5.32 Å². The largest absolute Gasteiger partial charge is 0.497 e. The third kappa shape index (κ3) is 2.88. The van der Waals surface area contributed by atoms with Crippen molar-refractivity contribution in [1.29, 1.82) is 0 Å². The van der Waals surface area contributed by atoms with Crippen LogP contribution >= 0.6 is 0 Å². The molecular weight excluding hydrogens is 328 g/mol. The zero-order valence-electron chi connectivity index (χ0n) is 14.3. The topological polar surface area (TPSA) is 58.6 Å². The molecule has 0 radical (unpaired) electrons. The SMILES string of the molecule is COc1cccc(N2C(=O)C[C@H](Nc3ccc4ccccc4c3)C2=O)c1. The van der Waals surface area contributed by atoms with Crippen molar-refractivity contribution in [3.8, 4) is 5.75 Å². The summed E-state index contributed by atoms with van der Waals surface area (Å²) in [5.74, 6) is 0.131. The van der Waals surface area contributed by atoms with Crippen molar-refractivity contribution in [3.63, 3.8) is 0 Å². The number of nitrogens with one attached hydrogen (secondary N) is 1. The molecule has 3 aromatic carbocycles. The molecule has 0 aromatic heterocycles. The molecule has 1 N–H and O–H groups in total. The van der Waals surface area contributed by atoms with Gasteiger partial charge in [0.2, 0.25) is 5.91 Å². The van der Waals surface area contributed by atoms with E-state index in [1.807, 2.05) is 42.5 Å². The van der Waals surface area contributed by atoms with E-state index in [-0.39, 0.29) is 18.2 Å². The first-order chi connectivity index (χ1) is 12.7. The fourth-order valence-corrected chi connectivity index (χ4v) is 3.25. The van der Waals surface area contributed by atoms with Gasteiger partial charge in [0.05, 0.1) is 19.2 Å². The van der Waals surface area contributed by atoms with Crippen LogP contribution in [0.15, 0.2) is 66.7 Å². The van der Waals surface area contributed by atoms with Gasteiger partial charge in [-0.25, -0.2) is 4.90 Å². The number of carbonyl (C=O) groups excluding carboxylic acids is 2. The van der Waals surface area contributed by atoms with Gasteiger partial charge in [-0.1, -0.05) is 36.4 Å². The van der Waals surface area contributed by atoms with E-state index in [0.29, 0.717) is 11.4 Å². The molecular formula is C21H18N2O3. The Morgan fingerprint density at radius 2 is 1.77 bits per heavy atom. The molecule has 130 valence electrons. The Hall–Kier alpha value is -3.34. The van der Waals surface area contributed by atoms with Gasteiger partial charge in [0.1, 0.15) is 11.8 Å². The highest BCUT2D eigenvalue weighted by Crippen LogP contribution is 2.28. The summed E-state index contributed by atoms with van der Waals surface area (Å²) in [6.45, 7) is 0. The Morgan fingerprint density at radius 1 is 0.962 bits per heavy atom. The summed E-state index contributed by atoms with van der Waals surface area (Å²) >= 11 is 0. The number of nitrogens with zero attached hydrogens (tertiary/aromatic N) is 1. The third-order valence-corrected chi connectivity index (χ3v) is 4.55. The number of hydrogen-bond acceptors (Lipinski definition) is 4. The monoisotopic (exact) mass is 346 g/mol. The van der Waals surface area contributed by atoms with Crippen LogP contribution in [0.5, 0.6) is 5.75 Å². The normalized spacial score (nSPS) is 17.0. The lowest BCUT2D eigenvalue weighted by Crippen LogP contribution is -2.34. The lowest BCUT2D eigenvalue weighted by Gasteiger charge is -2.17. The fraction of sp³-hybridized carbons (Fsp3) is 0.143. The molecule has 3 aromatic rings. The highest BCUT2D eigenvalue weighted by molar-refractivity contribution is 6.23. The van der Waals surface area contributed by atoms with Crippen molar-refractivity contribution in [2.75, 3.05) is 17.3 Å². The van der Waals surface area contributed by atoms with Gasteiger partial charge in [-0.3, -0.25) is 9.59 Å². The number of anilines is 2. The second kappa shape index (κ2) is 6.52. The predicted octanol–water partition coefficient (Wildman–Crippen LogP) is 3.59. The fourth-order valence-electron chi connectivity index (χ4n) is 3.25. The van der Waals surface area contributed by atoms with E-state index >= 15 is 0 Å². The molecule has 1 aliphatic heterocycles. The molecule has 1 heterocycles. The summed E-state index contributed by atoms with van der Waals surface area (Å²) in [5, 5.41) is 5.41. The van der Waals surface area contributed by atoms with Crippen LogP contribution in [0.1, 0.15) is 6.42 Å². The lowest BCUT2D eigenvalue weighted by atomic mass is 10.1. The van der Waals surface area contributed by atoms with E-state index in [1.54, 1.807) is 31.4 Å². The minimum atomic E-state index is -0.574. The molecule has 26 heavy (non-hydrogen) atoms. The Morgan fingerprint density at radius 3 is 2.58 bits per heavy atom. The van der Waals surface area contributed by atoms with E-state index in [4.69, 9.17) is 4.74 Å². The van der Waals surface area contributed by atoms with E-state index in [9.17, 15) is 9.59 Å². The van der Waals surface area contributed by atoms with Crippen LogP contribution in [-0.4, -0.2) is 25.0 Å². The molecule has 0 unspecified atom stereocenters. The average Bonchev–Trinajstić information content (AvgIpc) is 2.95. The lowest BCUT2D eigenvalue weighted by molar-refractivity contribution is -0.121. The molecule has 2 amide bonds. The highest BCUT2D eigenvalue weighted by atomic mass is 16.5. The van der Waals surface area contributed by atoms with Crippen molar-refractivity contribution in [2.45, 2.75) is 12.5 Å². The standard InChI is InChI=1S/C21H18N2O3/c1-26-18-8-4-7-17(12-18)23-20(24)13-19(21(23)25)22-16-10-9-14-5-2-3-6-15(14)11-16/h2-12,19,22H,13H2,1H3/t19-/m0/s1. The Labute approximate surface area is 151 Å². The zero-order chi connectivity index (χ0) is 18.1. The first kappa shape index (κ1) is 16.1. The number of rotatable bonds is 4. The van der Waals surface area contributed by atoms with Gasteiger partial charge in [-0.15, -0.1) is 0 Å². The van der Waals surface area contributed by atoms with Gasteiger partial charge >= 0.3 is 0 Å². The van der Waals surface area contributed by atoms with Gasteiger partial charge in [0, 0.05) is 11.8 Å². The van der Waals surface area contributed by atoms with Crippen molar-refractivity contribution in [2.24, 2.45) is 0 Å². The Bertz CT molecular complexity index is 999. The summed E-state index contributed by atoms with van der Waals surface area (Å²) in [6.07, 6.45) is 0.128. The summed E-state index contributed by atoms with van der Waals surface area (Å²) in [6, 6.07) is 20.3. The van der Waals surface area contributed by atoms with Crippen molar-refractivity contribution in [1.82, 2.24) is 0 Å². The van der Waals surface area contributed by atoms with E-state index in [0.717, 1.165) is 16.5 Å². The minimum Gasteiger partial charge on any atom is -0.497 e. The van der Waals surface area contributed by atoms with Crippen LogP contribution < -0.4 is 15.0 Å². The summed E-state index contributed by atoms with van der Waals surface area (Å²) in [4.78, 5) is 26.4. The van der Waals surface area contributed by atoms with Gasteiger partial charge in [0.25, 0.3) is 5.91 Å². The number of amides is 2. The Kier molecular flexibility index (Phi) is 4.05. The number of hydrogen-bond donors (Lipinski definition) is 1. The highest BCUT2D eigenvalue weighted by Gasteiger charge is 2.39. The number of ether oxygens (including phenoxy) is 1. The van der Waals surface area contributed by atoms with E-state index in [1.165, 1.54) is 4.90 Å². The van der Waals surface area contributed by atoms with Crippen LogP contribution in [0.25, 0.3) is 10.8 Å². The first-order valence-corrected chi connectivity index (χ1v) is 8.42. The number of benzene rings is 3. The Balaban J connectivity index is 1.58. The van der Waals surface area contributed by atoms with Gasteiger partial charge in [-0.05, 0) is 35.0 Å². The zero-order valence-corrected chi connectivity index (χ0v) is 14.3. The molecule has 1 saturated heterocycles. The van der Waals surface area contributed by atoms with Crippen LogP contribution in [0.3, 0.4) is 0 Å². The van der Waals surface area contributed by atoms with Crippen molar-refractivity contribution < 1.29 is 14.3 Å². The maximum Gasteiger partial charge on any atom is 0.256 e. The average molecular weight is 346 g/mol. The van der Waals surface area contributed by atoms with Crippen LogP contribution in [-0.2, 0) is 9.59 Å². The van der Waals surface area contributed by atoms with Gasteiger partial charge in [0.15, 0.2) is 0 Å². The molecule has 1 aliphatic rings. The van der Waals surface area contributed by atoms with Gasteiger partial charge < -0.3 is 10.1 Å². The van der Waals surface area contributed by atoms with E-state index < -0.39 is 6.04 Å². The predicted molar refractivity (Wildman–Crippen MR) is 101 cm³/mol. The molecule has 5 nitrogen and oxygen atoms in total. The van der Waals surface area contributed by atoms with Crippen LogP contribution in [0, 0.1) is 0 Å². The molecule has 0 bridgehead atoms. The number of fused-ring (bicyclic) bond motifs is 1. The molecule has 1 fully saturated rings. The van der Waals surface area contributed by atoms with Crippen molar-refractivity contribution in [3.05, 3.63) is 66.7 Å². The summed E-state index contributed by atoms with van der Waals surface area (Å²) in [7, 11) is 1.55. The smallest absolute Gasteiger partial charge is 0.256 e. The molecule has 0 spiro atoms. The van der Waals surface area contributed by atoms with Crippen LogP contribution in [0.2, 0.25) is 0 Å². The van der Waals surface area contributed by atoms with Crippen molar-refractivity contribution >= 4 is 34.0 Å². The first-order valence-electron chi connectivity index (χ1n) is 8.42. The maximum absolute atomic E-state index is 12.8. The second-order valence-electron chi connectivity index (χ2n) is 6.23. The molecule has 5 heteroatoms. The minimum absolute atomic E-state index is 0.128. The van der Waals surface area contributed by atoms with Crippen LogP contribution in [0.4, 0.5) is 11.4 Å². The second-order valence-corrected chi connectivity index (χ2v) is 6.23. The number of methoxy groups -OCH3 is 1. The quantitative estimate of drug-likeness (QED) is 0.734. The molecule has 1 atom stereocenters. The summed E-state index contributed by atoms with van der Waals surface area (Å²) < 4.78 is 5.18. The number of carbonyl (C=O) groups is 2. The maximum atomic E-state index is 12.8. The van der Waals surface area contributed by atoms with Gasteiger partial charge in [-0.2, -0.15) is 0 Å². The molecule has 4 rings (SSSR count). The molecule has 0 aliphatic carbocycles.